The maximum Gasteiger partial charge on any atom is 0.308 e. The molecule has 0 saturated heterocycles. The highest BCUT2D eigenvalue weighted by molar-refractivity contribution is 7.89. The van der Waals surface area contributed by atoms with Gasteiger partial charge in [-0.15, -0.1) is 0 Å². The Morgan fingerprint density at radius 3 is 2.46 bits per heavy atom. The molecule has 0 heterocycles. The molecule has 298 valence electrons. The van der Waals surface area contributed by atoms with E-state index in [1.807, 2.05) is 0 Å². The Hall–Kier alpha value is -6.43. The lowest BCUT2D eigenvalue weighted by molar-refractivity contribution is -0.387. The van der Waals surface area contributed by atoms with Gasteiger partial charge in [-0.2, -0.15) is 0 Å². The summed E-state index contributed by atoms with van der Waals surface area (Å²) >= 11 is 0. The topological polar surface area (TPSA) is 269 Å². The summed E-state index contributed by atoms with van der Waals surface area (Å²) in [5, 5.41) is 22.9. The molecule has 5 rings (SSSR count). The smallest absolute Gasteiger partial charge is 0.308 e. The number of nitrogens with zero attached hydrogens (tertiary/aromatic N) is 4. The van der Waals surface area contributed by atoms with Crippen LogP contribution < -0.4 is 20.7 Å². The zero-order valence-electron chi connectivity index (χ0n) is 31.0. The van der Waals surface area contributed by atoms with Crippen molar-refractivity contribution in [3.05, 3.63) is 110 Å². The fourth-order valence-corrected chi connectivity index (χ4v) is 8.33. The van der Waals surface area contributed by atoms with E-state index in [1.54, 1.807) is 24.3 Å². The monoisotopic (exact) mass is 800 g/mol. The molecule has 4 N–H and O–H groups in total. The molecule has 1 spiro atoms. The van der Waals surface area contributed by atoms with Gasteiger partial charge in [-0.1, -0.05) is 41.5 Å². The zero-order chi connectivity index (χ0) is 41.3. The van der Waals surface area contributed by atoms with Crippen molar-refractivity contribution in [2.45, 2.75) is 49.6 Å². The van der Waals surface area contributed by atoms with Crippen molar-refractivity contribution in [3.63, 3.8) is 0 Å². The highest BCUT2D eigenvalue weighted by Gasteiger charge is 2.55. The molecule has 0 radical (unpaired) electrons. The minimum atomic E-state index is -4.27. The van der Waals surface area contributed by atoms with Gasteiger partial charge in [0.2, 0.25) is 21.8 Å². The maximum absolute atomic E-state index is 13.4. The minimum Gasteiger partial charge on any atom is -0.469 e. The van der Waals surface area contributed by atoms with Crippen LogP contribution in [0, 0.1) is 21.4 Å². The van der Waals surface area contributed by atoms with Gasteiger partial charge in [0.05, 0.1) is 24.5 Å². The number of sulfonamides is 1. The Balaban J connectivity index is 1.22. The van der Waals surface area contributed by atoms with Gasteiger partial charge < -0.3 is 20.7 Å². The van der Waals surface area contributed by atoms with Crippen LogP contribution in [0.5, 0.6) is 0 Å². The Kier molecular flexibility index (Phi) is 13.2. The van der Waals surface area contributed by atoms with Crippen LogP contribution in [-0.4, -0.2) is 81.6 Å². The Morgan fingerprint density at radius 1 is 1.04 bits per heavy atom. The number of para-hydroxylation sites is 1. The maximum atomic E-state index is 13.4. The van der Waals surface area contributed by atoms with Gasteiger partial charge in [0.25, 0.3) is 11.6 Å². The number of ketones is 1. The average Bonchev–Trinajstić information content (AvgIpc) is 3.17. The van der Waals surface area contributed by atoms with E-state index in [1.165, 1.54) is 56.5 Å². The summed E-state index contributed by atoms with van der Waals surface area (Å²) in [7, 11) is -2.92. The van der Waals surface area contributed by atoms with E-state index < -0.39 is 49.3 Å². The van der Waals surface area contributed by atoms with Crippen LogP contribution in [0.3, 0.4) is 0 Å². The van der Waals surface area contributed by atoms with Crippen LogP contribution in [0.2, 0.25) is 0 Å². The van der Waals surface area contributed by atoms with E-state index >= 15 is 0 Å². The molecule has 0 aliphatic heterocycles. The lowest BCUT2D eigenvalue weighted by Crippen LogP contribution is -2.60. The van der Waals surface area contributed by atoms with E-state index in [2.05, 4.69) is 30.7 Å². The molecule has 1 atom stereocenters. The predicted octanol–water partition coefficient (Wildman–Crippen LogP) is 3.83. The fraction of sp³-hybridized carbons (Fsp3) is 0.342. The molecule has 2 saturated carbocycles. The highest BCUT2D eigenvalue weighted by atomic mass is 32.2. The minimum absolute atomic E-state index is 0.00411. The molecule has 3 amide bonds. The second-order valence-electron chi connectivity index (χ2n) is 13.9. The average molecular weight is 801 g/mol. The molecular formula is C38H40N8O10S. The van der Waals surface area contributed by atoms with Crippen LogP contribution in [0.4, 0.5) is 5.69 Å². The van der Waals surface area contributed by atoms with Crippen molar-refractivity contribution >= 4 is 51.3 Å². The van der Waals surface area contributed by atoms with Gasteiger partial charge in [-0.25, -0.2) is 13.1 Å². The number of nitrogens with one attached hydrogen (secondary N) is 4. The fourth-order valence-electron chi connectivity index (χ4n) is 7.13. The quantitative estimate of drug-likeness (QED) is 0.0176. The first-order valence-corrected chi connectivity index (χ1v) is 19.3. The van der Waals surface area contributed by atoms with E-state index in [4.69, 9.17) is 10.3 Å². The summed E-state index contributed by atoms with van der Waals surface area (Å²) in [6.07, 6.45) is 5.45. The van der Waals surface area contributed by atoms with Crippen LogP contribution in [0.25, 0.3) is 27.6 Å². The normalized spacial score (nSPS) is 18.9. The molecule has 18 nitrogen and oxygen atoms in total. The number of hydrogen-bond acceptors (Lipinski definition) is 11. The summed E-state index contributed by atoms with van der Waals surface area (Å²) in [5.74, 6) is -2.37. The van der Waals surface area contributed by atoms with Crippen molar-refractivity contribution in [3.8, 4) is 11.1 Å². The number of azide groups is 1. The Morgan fingerprint density at radius 2 is 1.77 bits per heavy atom. The number of nitro benzene ring substituents is 1. The molecule has 3 aromatic carbocycles. The Bertz CT molecular complexity index is 2280. The van der Waals surface area contributed by atoms with Crippen molar-refractivity contribution in [1.82, 2.24) is 20.7 Å². The first-order valence-electron chi connectivity index (χ1n) is 17.8. The first kappa shape index (κ1) is 41.7. The summed E-state index contributed by atoms with van der Waals surface area (Å²) in [6.45, 7) is 0.587. The lowest BCUT2D eigenvalue weighted by Gasteiger charge is -2.57. The van der Waals surface area contributed by atoms with Gasteiger partial charge in [0, 0.05) is 47.3 Å². The second kappa shape index (κ2) is 18.0. The van der Waals surface area contributed by atoms with Gasteiger partial charge >= 0.3 is 5.97 Å². The van der Waals surface area contributed by atoms with Gasteiger partial charge in [-0.05, 0) is 90.6 Å². The number of Topliss-reactive ketones (excluding diaryl/α,β-unsaturated/α-hetero) is 1. The molecule has 2 aliphatic rings. The molecule has 0 unspecified atom stereocenters. The van der Waals surface area contributed by atoms with Crippen molar-refractivity contribution in [2.24, 2.45) is 16.4 Å². The predicted molar refractivity (Wildman–Crippen MR) is 206 cm³/mol. The summed E-state index contributed by atoms with van der Waals surface area (Å²) < 4.78 is 32.5. The Labute approximate surface area is 327 Å². The van der Waals surface area contributed by atoms with Gasteiger partial charge in [0.15, 0.2) is 10.7 Å². The van der Waals surface area contributed by atoms with Crippen LogP contribution >= 0.6 is 0 Å². The van der Waals surface area contributed by atoms with Crippen molar-refractivity contribution in [1.29, 1.82) is 0 Å². The molecule has 2 aliphatic carbocycles. The number of carbonyl (C=O) groups is 5. The molecule has 0 bridgehead atoms. The third-order valence-electron chi connectivity index (χ3n) is 9.91. The molecule has 2 fully saturated rings. The number of methoxy groups -OCH3 is 1. The molecule has 3 aromatic rings. The highest BCUT2D eigenvalue weighted by Crippen LogP contribution is 2.58. The van der Waals surface area contributed by atoms with E-state index in [-0.39, 0.29) is 54.3 Å². The largest absolute Gasteiger partial charge is 0.469 e. The first-order chi connectivity index (χ1) is 27.1. The van der Waals surface area contributed by atoms with E-state index in [0.717, 1.165) is 12.1 Å². The van der Waals surface area contributed by atoms with Crippen molar-refractivity contribution in [2.75, 3.05) is 26.7 Å². The lowest BCUT2D eigenvalue weighted by atomic mass is 9.50. The van der Waals surface area contributed by atoms with Crippen LogP contribution in [0.15, 0.2) is 82.8 Å². The number of hydrogen-bond donors (Lipinski definition) is 4. The van der Waals surface area contributed by atoms with Crippen LogP contribution in [0.1, 0.15) is 58.9 Å². The third-order valence-corrected chi connectivity index (χ3v) is 11.4. The molecule has 0 aromatic heterocycles. The van der Waals surface area contributed by atoms with Crippen molar-refractivity contribution < 1.29 is 42.1 Å². The number of nitro groups is 1. The molecular weight excluding hydrogens is 761 g/mol. The third kappa shape index (κ3) is 10.3. The number of rotatable bonds is 17. The number of carbonyl (C=O) groups excluding carboxylic acids is 5. The van der Waals surface area contributed by atoms with Crippen LogP contribution in [-0.2, 0) is 29.1 Å². The summed E-state index contributed by atoms with van der Waals surface area (Å²) in [6, 6.07) is 14.8. The SMILES string of the molecule is COC(=O)C1CC2(CC(NC(=O)[C@H](CN=[N+]=[N-])NC(=O)/C=C/c3cccc(-c4cc(C(C)=O)ccc4C(=O)NCCNS(=O)(=O)c4ccccc4[N+](=O)[O-])c3)C2)C1. The zero-order valence-corrected chi connectivity index (χ0v) is 31.8. The second-order valence-corrected chi connectivity index (χ2v) is 15.6. The van der Waals surface area contributed by atoms with E-state index in [0.29, 0.717) is 47.9 Å². The van der Waals surface area contributed by atoms with Gasteiger partial charge in [-0.3, -0.25) is 34.1 Å². The number of esters is 1. The molecule has 57 heavy (non-hydrogen) atoms. The van der Waals surface area contributed by atoms with E-state index in [9.17, 15) is 42.5 Å². The standard InChI is InChI=1S/C38H40N8O10S/c1-23(47)25-11-12-29(35(49)40-14-15-42-57(54,55)33-9-4-3-8-32(33)46(52)53)30(17-25)26-7-5-6-24(16-26)10-13-34(48)44-31(22-41-45-39)36(50)43-28-20-38(21-28)18-27(19-38)37(51)56-2/h3-13,16-17,27-28,31,42H,14-15,18-22H2,1-2H3,(H,40,49)(H,43,50)(H,44,48)/b13-10+/t27?,28?,31-,38?/m0/s1. The number of ether oxygens (including phenoxy) is 1. The number of benzene rings is 3. The number of amides is 3. The molecule has 19 heteroatoms. The summed E-state index contributed by atoms with van der Waals surface area (Å²) in [5.41, 5.74) is 10.1. The van der Waals surface area contributed by atoms with Gasteiger partial charge in [0.1, 0.15) is 6.04 Å². The summed E-state index contributed by atoms with van der Waals surface area (Å²) in [4.78, 5) is 76.1.